The van der Waals surface area contributed by atoms with Crippen LogP contribution in [-0.2, 0) is 27.9 Å². The number of hydrogen-bond acceptors (Lipinski definition) is 7. The van der Waals surface area contributed by atoms with Gasteiger partial charge in [0.05, 0.1) is 13.2 Å². The predicted octanol–water partition coefficient (Wildman–Crippen LogP) is 8.82. The highest BCUT2D eigenvalue weighted by Crippen LogP contribution is 2.42. The Labute approximate surface area is 279 Å². The predicted molar refractivity (Wildman–Crippen MR) is 187 cm³/mol. The second kappa shape index (κ2) is 32.9. The summed E-state index contributed by atoms with van der Waals surface area (Å²) in [5.41, 5.74) is 0. The monoisotopic (exact) mass is 669 g/mol. The lowest BCUT2D eigenvalue weighted by atomic mass is 10.1. The molecule has 0 rings (SSSR count). The lowest BCUT2D eigenvalue weighted by Crippen LogP contribution is -2.27. The van der Waals surface area contributed by atoms with E-state index in [0.717, 1.165) is 64.2 Å². The number of aliphatic hydroxyl groups excluding tert-OH is 1. The van der Waals surface area contributed by atoms with Gasteiger partial charge in [-0.05, 0) is 51.4 Å². The molecule has 10 heteroatoms. The van der Waals surface area contributed by atoms with E-state index >= 15 is 0 Å². The van der Waals surface area contributed by atoms with E-state index < -0.39 is 26.5 Å². The van der Waals surface area contributed by atoms with E-state index in [1.807, 2.05) is 0 Å². The second-order valence-corrected chi connectivity index (χ2v) is 12.9. The van der Waals surface area contributed by atoms with E-state index in [1.165, 1.54) is 44.9 Å². The molecule has 0 aromatic carbocycles. The minimum absolute atomic E-state index is 0.0583. The maximum absolute atomic E-state index is 12.0. The van der Waals surface area contributed by atoms with E-state index in [1.54, 1.807) is 0 Å². The fraction of sp³-hybridized carbons (Fsp3) is 0.722. The van der Waals surface area contributed by atoms with Gasteiger partial charge in [-0.3, -0.25) is 18.6 Å². The molecule has 0 aliphatic rings. The topological polar surface area (TPSA) is 131 Å². The van der Waals surface area contributed by atoms with Crippen LogP contribution in [0, 0.1) is 0 Å². The Balaban J connectivity index is 3.72. The van der Waals surface area contributed by atoms with Crippen molar-refractivity contribution in [2.75, 3.05) is 26.4 Å². The van der Waals surface area contributed by atoms with Gasteiger partial charge < -0.3 is 20.1 Å². The zero-order valence-electron chi connectivity index (χ0n) is 28.8. The van der Waals surface area contributed by atoms with Crippen molar-refractivity contribution in [2.45, 2.75) is 142 Å². The molecular weight excluding hydrogens is 605 g/mol. The molecule has 2 atom stereocenters. The summed E-state index contributed by atoms with van der Waals surface area (Å²) in [4.78, 5) is 33.6. The van der Waals surface area contributed by atoms with Gasteiger partial charge in [-0.15, -0.1) is 0 Å². The molecular formula is C36H64NO8P. The van der Waals surface area contributed by atoms with Crippen LogP contribution in [0.4, 0.5) is 0 Å². The molecule has 0 heterocycles. The third-order valence-electron chi connectivity index (χ3n) is 7.02. The highest BCUT2D eigenvalue weighted by atomic mass is 31.2. The fourth-order valence-corrected chi connectivity index (χ4v) is 5.13. The van der Waals surface area contributed by atoms with Crippen molar-refractivity contribution in [3.05, 3.63) is 48.6 Å². The SMILES string of the molecule is CC/C=C\C/C=C\C/C=C\C/C=C\CCCCC(=O)NCCOP(=O)(O)OCC(O)COC(=O)CCCCCCCCCCCC. The van der Waals surface area contributed by atoms with Crippen LogP contribution in [0.2, 0.25) is 0 Å². The fourth-order valence-electron chi connectivity index (χ4n) is 4.37. The molecule has 1 amide bonds. The van der Waals surface area contributed by atoms with E-state index in [9.17, 15) is 24.2 Å². The summed E-state index contributed by atoms with van der Waals surface area (Å²) in [5, 5.41) is 12.6. The molecule has 0 radical (unpaired) electrons. The molecule has 0 aromatic heterocycles. The van der Waals surface area contributed by atoms with Crippen LogP contribution in [0.5, 0.6) is 0 Å². The zero-order valence-corrected chi connectivity index (χ0v) is 29.6. The maximum Gasteiger partial charge on any atom is 0.472 e. The van der Waals surface area contributed by atoms with Gasteiger partial charge in [-0.2, -0.15) is 0 Å². The summed E-state index contributed by atoms with van der Waals surface area (Å²) >= 11 is 0. The van der Waals surface area contributed by atoms with Crippen LogP contribution in [0.1, 0.15) is 136 Å². The largest absolute Gasteiger partial charge is 0.472 e. The van der Waals surface area contributed by atoms with Gasteiger partial charge in [0.1, 0.15) is 12.7 Å². The Morgan fingerprint density at radius 3 is 1.85 bits per heavy atom. The summed E-state index contributed by atoms with van der Waals surface area (Å²) in [7, 11) is -4.42. The van der Waals surface area contributed by atoms with Gasteiger partial charge in [0.2, 0.25) is 5.91 Å². The molecule has 0 aliphatic carbocycles. The van der Waals surface area contributed by atoms with E-state index in [2.05, 4.69) is 67.8 Å². The Kier molecular flexibility index (Phi) is 31.4. The average molecular weight is 670 g/mol. The van der Waals surface area contributed by atoms with Crippen molar-refractivity contribution in [3.63, 3.8) is 0 Å². The van der Waals surface area contributed by atoms with Crippen molar-refractivity contribution in [1.29, 1.82) is 0 Å². The number of carbonyl (C=O) groups is 2. The van der Waals surface area contributed by atoms with Gasteiger partial charge in [0, 0.05) is 19.4 Å². The Morgan fingerprint density at radius 1 is 0.696 bits per heavy atom. The number of phosphoric ester groups is 1. The smallest absolute Gasteiger partial charge is 0.463 e. The number of unbranched alkanes of at least 4 members (excludes halogenated alkanes) is 11. The summed E-state index contributed by atoms with van der Waals surface area (Å²) in [5.74, 6) is -0.565. The number of esters is 1. The van der Waals surface area contributed by atoms with Gasteiger partial charge >= 0.3 is 13.8 Å². The third-order valence-corrected chi connectivity index (χ3v) is 8.01. The van der Waals surface area contributed by atoms with E-state index in [4.69, 9.17) is 13.8 Å². The standard InChI is InChI=1S/C36H64NO8P/c1-3-5-7-9-11-13-15-16-17-18-19-20-22-24-26-28-35(39)37-30-31-44-46(41,42)45-33-34(38)32-43-36(40)29-27-25-23-21-14-12-10-8-6-4-2/h5,7,11,13,16-17,19-20,34,38H,3-4,6,8-10,12,14-15,18,21-33H2,1-2H3,(H,37,39)(H,41,42)/b7-5-,13-11-,17-16-,20-19-. The van der Waals surface area contributed by atoms with Crippen LogP contribution in [-0.4, -0.2) is 54.3 Å². The number of carbonyl (C=O) groups excluding carboxylic acids is 2. The number of ether oxygens (including phenoxy) is 1. The highest BCUT2D eigenvalue weighted by Gasteiger charge is 2.23. The minimum atomic E-state index is -4.42. The molecule has 9 nitrogen and oxygen atoms in total. The first-order valence-electron chi connectivity index (χ1n) is 17.6. The van der Waals surface area contributed by atoms with Gasteiger partial charge in [0.15, 0.2) is 0 Å². The number of aliphatic hydroxyl groups is 1. The molecule has 0 saturated carbocycles. The van der Waals surface area contributed by atoms with Crippen molar-refractivity contribution >= 4 is 19.7 Å². The number of allylic oxidation sites excluding steroid dienone is 8. The Hall–Kier alpha value is -2.03. The normalized spacial score (nSPS) is 14.1. The molecule has 0 aliphatic heterocycles. The lowest BCUT2D eigenvalue weighted by Gasteiger charge is -2.15. The molecule has 0 saturated heterocycles. The highest BCUT2D eigenvalue weighted by molar-refractivity contribution is 7.47. The van der Waals surface area contributed by atoms with Crippen molar-refractivity contribution in [2.24, 2.45) is 0 Å². The van der Waals surface area contributed by atoms with Crippen molar-refractivity contribution < 1.29 is 37.9 Å². The summed E-state index contributed by atoms with van der Waals surface area (Å²) < 4.78 is 26.7. The van der Waals surface area contributed by atoms with E-state index in [-0.39, 0.29) is 32.1 Å². The number of hydrogen-bond donors (Lipinski definition) is 3. The molecule has 0 bridgehead atoms. The Bertz CT molecular complexity index is 902. The first-order chi connectivity index (χ1) is 22.3. The second-order valence-electron chi connectivity index (χ2n) is 11.5. The third kappa shape index (κ3) is 33.3. The number of rotatable bonds is 32. The zero-order chi connectivity index (χ0) is 34.0. The number of phosphoric acid groups is 1. The quantitative estimate of drug-likeness (QED) is 0.0280. The van der Waals surface area contributed by atoms with Crippen LogP contribution in [0.15, 0.2) is 48.6 Å². The summed E-state index contributed by atoms with van der Waals surface area (Å²) in [6, 6.07) is 0. The van der Waals surface area contributed by atoms with Crippen LogP contribution >= 0.6 is 7.82 Å². The first kappa shape index (κ1) is 44.0. The molecule has 46 heavy (non-hydrogen) atoms. The average Bonchev–Trinajstić information content (AvgIpc) is 3.04. The summed E-state index contributed by atoms with van der Waals surface area (Å²) in [6.45, 7) is 3.34. The lowest BCUT2D eigenvalue weighted by molar-refractivity contribution is -0.147. The van der Waals surface area contributed by atoms with Crippen LogP contribution < -0.4 is 5.32 Å². The number of nitrogens with one attached hydrogen (secondary N) is 1. The molecule has 266 valence electrons. The molecule has 0 spiro atoms. The molecule has 0 fully saturated rings. The van der Waals surface area contributed by atoms with Crippen molar-refractivity contribution in [3.8, 4) is 0 Å². The Morgan fingerprint density at radius 2 is 1.24 bits per heavy atom. The summed E-state index contributed by atoms with van der Waals surface area (Å²) in [6.07, 6.45) is 34.8. The maximum atomic E-state index is 12.0. The van der Waals surface area contributed by atoms with Gasteiger partial charge in [0.25, 0.3) is 0 Å². The first-order valence-corrected chi connectivity index (χ1v) is 19.1. The molecule has 3 N–H and O–H groups in total. The van der Waals surface area contributed by atoms with Crippen molar-refractivity contribution in [1.82, 2.24) is 5.32 Å². The number of amides is 1. The van der Waals surface area contributed by atoms with Crippen LogP contribution in [0.25, 0.3) is 0 Å². The van der Waals surface area contributed by atoms with E-state index in [0.29, 0.717) is 6.42 Å². The van der Waals surface area contributed by atoms with Crippen LogP contribution in [0.3, 0.4) is 0 Å². The minimum Gasteiger partial charge on any atom is -0.463 e. The molecule has 0 aromatic rings. The van der Waals surface area contributed by atoms with Gasteiger partial charge in [-0.1, -0.05) is 120 Å². The van der Waals surface area contributed by atoms with Gasteiger partial charge in [-0.25, -0.2) is 4.57 Å². The molecule has 2 unspecified atom stereocenters.